The molecular formula is C22H19NO4. The van der Waals surface area contributed by atoms with Gasteiger partial charge in [-0.3, -0.25) is 4.79 Å². The Kier molecular flexibility index (Phi) is 4.66. The van der Waals surface area contributed by atoms with E-state index < -0.39 is 0 Å². The average Bonchev–Trinajstić information content (AvgIpc) is 2.72. The molecule has 0 aliphatic carbocycles. The molecular weight excluding hydrogens is 342 g/mol. The van der Waals surface area contributed by atoms with Crippen LogP contribution in [0, 0.1) is 0 Å². The Labute approximate surface area is 157 Å². The molecule has 0 saturated carbocycles. The number of carbonyl (C=O) groups excluding carboxylic acids is 1. The molecule has 27 heavy (non-hydrogen) atoms. The summed E-state index contributed by atoms with van der Waals surface area (Å²) in [7, 11) is 0. The summed E-state index contributed by atoms with van der Waals surface area (Å²) < 4.78 is 17.2. The molecule has 5 heteroatoms. The van der Waals surface area contributed by atoms with Crippen LogP contribution in [0.2, 0.25) is 0 Å². The van der Waals surface area contributed by atoms with E-state index in [1.807, 2.05) is 30.3 Å². The van der Waals surface area contributed by atoms with Crippen LogP contribution in [0.4, 0.5) is 5.69 Å². The van der Waals surface area contributed by atoms with Gasteiger partial charge in [-0.1, -0.05) is 30.3 Å². The normalized spacial score (nSPS) is 12.4. The molecule has 0 atom stereocenters. The van der Waals surface area contributed by atoms with Crippen LogP contribution in [-0.2, 0) is 6.61 Å². The first-order valence-electron chi connectivity index (χ1n) is 8.71. The maximum atomic E-state index is 13.1. The lowest BCUT2D eigenvalue weighted by molar-refractivity contribution is 0.103. The predicted octanol–water partition coefficient (Wildman–Crippen LogP) is 3.85. The first kappa shape index (κ1) is 17.0. The standard InChI is InChI=1S/C22H19NO4/c23-17-8-6-16(7-9-17)22(24)18-12-20-21(26-11-10-25-20)13-19(18)27-14-15-4-2-1-3-5-15/h1-9,12-13H,10-11,14,23H2. The van der Waals surface area contributed by atoms with Crippen molar-refractivity contribution < 1.29 is 19.0 Å². The molecule has 0 unspecified atom stereocenters. The van der Waals surface area contributed by atoms with Crippen molar-refractivity contribution in [1.82, 2.24) is 0 Å². The minimum atomic E-state index is -0.157. The van der Waals surface area contributed by atoms with Crippen molar-refractivity contribution in [3.8, 4) is 17.2 Å². The molecule has 3 aromatic rings. The zero-order chi connectivity index (χ0) is 18.6. The molecule has 0 fully saturated rings. The molecule has 0 radical (unpaired) electrons. The third-order valence-corrected chi connectivity index (χ3v) is 4.30. The predicted molar refractivity (Wildman–Crippen MR) is 102 cm³/mol. The Bertz CT molecular complexity index is 952. The van der Waals surface area contributed by atoms with Gasteiger partial charge in [-0.2, -0.15) is 0 Å². The number of rotatable bonds is 5. The first-order valence-corrected chi connectivity index (χ1v) is 8.71. The van der Waals surface area contributed by atoms with Crippen molar-refractivity contribution in [1.29, 1.82) is 0 Å². The first-order chi connectivity index (χ1) is 13.2. The minimum Gasteiger partial charge on any atom is -0.488 e. The summed E-state index contributed by atoms with van der Waals surface area (Å²) in [4.78, 5) is 13.1. The fourth-order valence-electron chi connectivity index (χ4n) is 2.89. The van der Waals surface area contributed by atoms with Crippen LogP contribution in [0.15, 0.2) is 66.7 Å². The van der Waals surface area contributed by atoms with Crippen LogP contribution < -0.4 is 19.9 Å². The number of anilines is 1. The Balaban J connectivity index is 1.69. The molecule has 0 bridgehead atoms. The second-order valence-corrected chi connectivity index (χ2v) is 6.22. The van der Waals surface area contributed by atoms with Gasteiger partial charge in [0.15, 0.2) is 17.3 Å². The van der Waals surface area contributed by atoms with Crippen molar-refractivity contribution in [3.63, 3.8) is 0 Å². The Morgan fingerprint density at radius 2 is 1.59 bits per heavy atom. The second kappa shape index (κ2) is 7.41. The van der Waals surface area contributed by atoms with E-state index in [9.17, 15) is 4.79 Å². The van der Waals surface area contributed by atoms with Gasteiger partial charge in [0.2, 0.25) is 0 Å². The number of ether oxygens (including phenoxy) is 3. The van der Waals surface area contributed by atoms with Gasteiger partial charge < -0.3 is 19.9 Å². The molecule has 0 aromatic heterocycles. The topological polar surface area (TPSA) is 70.8 Å². The van der Waals surface area contributed by atoms with Crippen molar-refractivity contribution in [2.75, 3.05) is 18.9 Å². The van der Waals surface area contributed by atoms with E-state index in [2.05, 4.69) is 0 Å². The lowest BCUT2D eigenvalue weighted by Gasteiger charge is -2.21. The number of ketones is 1. The fourth-order valence-corrected chi connectivity index (χ4v) is 2.89. The Morgan fingerprint density at radius 3 is 2.30 bits per heavy atom. The van der Waals surface area contributed by atoms with Gasteiger partial charge in [-0.05, 0) is 35.9 Å². The summed E-state index contributed by atoms with van der Waals surface area (Å²) in [5.74, 6) is 1.44. The summed E-state index contributed by atoms with van der Waals surface area (Å²) in [6, 6.07) is 20.0. The van der Waals surface area contributed by atoms with E-state index in [-0.39, 0.29) is 5.78 Å². The monoisotopic (exact) mass is 361 g/mol. The second-order valence-electron chi connectivity index (χ2n) is 6.22. The number of nitrogens with two attached hydrogens (primary N) is 1. The van der Waals surface area contributed by atoms with Crippen molar-refractivity contribution >= 4 is 11.5 Å². The van der Waals surface area contributed by atoms with Gasteiger partial charge >= 0.3 is 0 Å². The number of nitrogen functional groups attached to an aromatic ring is 1. The van der Waals surface area contributed by atoms with Crippen LogP contribution >= 0.6 is 0 Å². The highest BCUT2D eigenvalue weighted by Crippen LogP contribution is 2.38. The number of hydrogen-bond donors (Lipinski definition) is 1. The molecule has 0 spiro atoms. The van der Waals surface area contributed by atoms with Gasteiger partial charge in [-0.25, -0.2) is 0 Å². The van der Waals surface area contributed by atoms with Crippen molar-refractivity contribution in [2.45, 2.75) is 6.61 Å². The van der Waals surface area contributed by atoms with Crippen LogP contribution in [0.1, 0.15) is 21.5 Å². The third-order valence-electron chi connectivity index (χ3n) is 4.30. The van der Waals surface area contributed by atoms with Crippen molar-refractivity contribution in [3.05, 3.63) is 83.4 Å². The van der Waals surface area contributed by atoms with Gasteiger partial charge in [0.05, 0.1) is 5.56 Å². The summed E-state index contributed by atoms with van der Waals surface area (Å²) in [5, 5.41) is 0. The van der Waals surface area contributed by atoms with Gasteiger partial charge in [0.25, 0.3) is 0 Å². The largest absolute Gasteiger partial charge is 0.488 e. The SMILES string of the molecule is Nc1ccc(C(=O)c2cc3c(cc2OCc2ccccc2)OCCO3)cc1. The van der Waals surface area contributed by atoms with Crippen LogP contribution in [-0.4, -0.2) is 19.0 Å². The van der Waals surface area contributed by atoms with Crippen LogP contribution in [0.3, 0.4) is 0 Å². The molecule has 0 amide bonds. The quantitative estimate of drug-likeness (QED) is 0.552. The molecule has 0 saturated heterocycles. The van der Waals surface area contributed by atoms with Gasteiger partial charge in [0, 0.05) is 17.3 Å². The number of carbonyl (C=O) groups is 1. The van der Waals surface area contributed by atoms with Gasteiger partial charge in [-0.15, -0.1) is 0 Å². The zero-order valence-corrected chi connectivity index (χ0v) is 14.7. The van der Waals surface area contributed by atoms with E-state index in [0.717, 1.165) is 5.56 Å². The number of benzene rings is 3. The maximum absolute atomic E-state index is 13.1. The average molecular weight is 361 g/mol. The molecule has 4 rings (SSSR count). The molecule has 136 valence electrons. The van der Waals surface area contributed by atoms with E-state index in [1.165, 1.54) is 0 Å². The van der Waals surface area contributed by atoms with E-state index in [1.54, 1.807) is 36.4 Å². The molecule has 1 heterocycles. The Hall–Kier alpha value is -3.47. The number of hydrogen-bond acceptors (Lipinski definition) is 5. The zero-order valence-electron chi connectivity index (χ0n) is 14.7. The summed E-state index contributed by atoms with van der Waals surface area (Å²) in [5.41, 5.74) is 8.31. The smallest absolute Gasteiger partial charge is 0.196 e. The third kappa shape index (κ3) is 3.72. The maximum Gasteiger partial charge on any atom is 0.196 e. The fraction of sp³-hybridized carbons (Fsp3) is 0.136. The molecule has 1 aliphatic heterocycles. The Morgan fingerprint density at radius 1 is 0.926 bits per heavy atom. The molecule has 1 aliphatic rings. The molecule has 2 N–H and O–H groups in total. The summed E-state index contributed by atoms with van der Waals surface area (Å²) in [6.07, 6.45) is 0. The number of fused-ring (bicyclic) bond motifs is 1. The van der Waals surface area contributed by atoms with Crippen LogP contribution in [0.5, 0.6) is 17.2 Å². The molecule has 5 nitrogen and oxygen atoms in total. The highest BCUT2D eigenvalue weighted by atomic mass is 16.6. The molecule has 3 aromatic carbocycles. The minimum absolute atomic E-state index is 0.157. The van der Waals surface area contributed by atoms with Gasteiger partial charge in [0.1, 0.15) is 25.6 Å². The highest BCUT2D eigenvalue weighted by Gasteiger charge is 2.22. The van der Waals surface area contributed by atoms with E-state index >= 15 is 0 Å². The van der Waals surface area contributed by atoms with Crippen LogP contribution in [0.25, 0.3) is 0 Å². The lowest BCUT2D eigenvalue weighted by atomic mass is 10.0. The highest BCUT2D eigenvalue weighted by molar-refractivity contribution is 6.11. The summed E-state index contributed by atoms with van der Waals surface area (Å²) in [6.45, 7) is 1.27. The van der Waals surface area contributed by atoms with Crippen molar-refractivity contribution in [2.24, 2.45) is 0 Å². The summed E-state index contributed by atoms with van der Waals surface area (Å²) >= 11 is 0. The van der Waals surface area contributed by atoms with E-state index in [0.29, 0.717) is 53.9 Å². The van der Waals surface area contributed by atoms with E-state index in [4.69, 9.17) is 19.9 Å². The lowest BCUT2D eigenvalue weighted by Crippen LogP contribution is -2.16.